The van der Waals surface area contributed by atoms with E-state index in [9.17, 15) is 4.79 Å². The minimum atomic E-state index is -0.122. The number of rotatable bonds is 2. The normalized spacial score (nSPS) is 18.2. The predicted molar refractivity (Wildman–Crippen MR) is 99.2 cm³/mol. The minimum absolute atomic E-state index is 0.122. The average molecular weight is 349 g/mol. The molecule has 0 bridgehead atoms. The molecule has 0 atom stereocenters. The van der Waals surface area contributed by atoms with Crippen LogP contribution in [-0.4, -0.2) is 24.2 Å². The van der Waals surface area contributed by atoms with Gasteiger partial charge in [0.05, 0.1) is 11.1 Å². The lowest BCUT2D eigenvalue weighted by Gasteiger charge is -2.23. The maximum Gasteiger partial charge on any atom is 0.255 e. The van der Waals surface area contributed by atoms with Gasteiger partial charge in [0, 0.05) is 11.6 Å². The maximum absolute atomic E-state index is 11.7. The third-order valence-electron chi connectivity index (χ3n) is 4.63. The number of H-pyrrole nitrogens is 1. The highest BCUT2D eigenvalue weighted by Gasteiger charge is 2.16. The molecule has 4 nitrogen and oxygen atoms in total. The molecule has 0 unspecified atom stereocenters. The Labute approximate surface area is 147 Å². The van der Waals surface area contributed by atoms with E-state index in [1.807, 2.05) is 12.1 Å². The van der Waals surface area contributed by atoms with Gasteiger partial charge in [-0.05, 0) is 75.2 Å². The first-order valence-corrected chi connectivity index (χ1v) is 9.30. The number of nitrogens with one attached hydrogen (secondary N) is 2. The summed E-state index contributed by atoms with van der Waals surface area (Å²) >= 11 is 6.22. The first-order chi connectivity index (χ1) is 11.7. The van der Waals surface area contributed by atoms with Crippen LogP contribution >= 0.6 is 11.6 Å². The van der Waals surface area contributed by atoms with Gasteiger partial charge in [0.25, 0.3) is 5.56 Å². The van der Waals surface area contributed by atoms with Gasteiger partial charge in [-0.1, -0.05) is 18.0 Å². The van der Waals surface area contributed by atoms with Gasteiger partial charge in [-0.2, -0.15) is 0 Å². The Morgan fingerprint density at radius 3 is 2.46 bits per heavy atom. The highest BCUT2D eigenvalue weighted by atomic mass is 35.5. The first kappa shape index (κ1) is 17.3. The molecule has 1 aromatic carbocycles. The van der Waals surface area contributed by atoms with Crippen molar-refractivity contribution in [2.75, 3.05) is 13.1 Å². The van der Waals surface area contributed by atoms with E-state index in [2.05, 4.69) is 10.3 Å². The standard InChI is InChI=1S/C15H16ClNO2.C4H9N/c16-13-9-12-10(6-7-17-15(12)18)8-14(13)19-11-4-2-1-3-5-11;1-2-4-5-3-1/h6-9,11H,1-5H2,(H,17,18);5H,1-4H2. The SMILES string of the molecule is C1CCNC1.O=c1[nH]ccc2cc(OC3CCCCC3)c(Cl)cc12. The van der Waals surface area contributed by atoms with Crippen LogP contribution in [0.4, 0.5) is 0 Å². The number of hydrogen-bond acceptors (Lipinski definition) is 3. The molecule has 2 heterocycles. The van der Waals surface area contributed by atoms with Gasteiger partial charge < -0.3 is 15.0 Å². The fourth-order valence-corrected chi connectivity index (χ4v) is 3.47. The van der Waals surface area contributed by atoms with Crippen LogP contribution < -0.4 is 15.6 Å². The molecule has 1 aromatic heterocycles. The summed E-state index contributed by atoms with van der Waals surface area (Å²) in [6, 6.07) is 5.41. The molecule has 2 aromatic rings. The van der Waals surface area contributed by atoms with Crippen molar-refractivity contribution >= 4 is 22.4 Å². The summed E-state index contributed by atoms with van der Waals surface area (Å²) in [6.07, 6.45) is 10.6. The maximum atomic E-state index is 11.7. The molecule has 2 aliphatic rings. The van der Waals surface area contributed by atoms with Gasteiger partial charge in [0.1, 0.15) is 5.75 Å². The molecule has 24 heavy (non-hydrogen) atoms. The Hall–Kier alpha value is -1.52. The summed E-state index contributed by atoms with van der Waals surface area (Å²) in [5, 5.41) is 5.19. The zero-order valence-electron chi connectivity index (χ0n) is 13.9. The van der Waals surface area contributed by atoms with E-state index >= 15 is 0 Å². The molecule has 1 aliphatic heterocycles. The Balaban J connectivity index is 0.000000290. The van der Waals surface area contributed by atoms with Crippen LogP contribution in [0.1, 0.15) is 44.9 Å². The van der Waals surface area contributed by atoms with E-state index in [0.717, 1.165) is 18.2 Å². The number of benzene rings is 1. The van der Waals surface area contributed by atoms with E-state index < -0.39 is 0 Å². The van der Waals surface area contributed by atoms with Crippen LogP contribution in [0.2, 0.25) is 5.02 Å². The Morgan fingerprint density at radius 2 is 1.79 bits per heavy atom. The van der Waals surface area contributed by atoms with Gasteiger partial charge >= 0.3 is 0 Å². The Morgan fingerprint density at radius 1 is 1.04 bits per heavy atom. The molecule has 4 rings (SSSR count). The van der Waals surface area contributed by atoms with Gasteiger partial charge in [-0.3, -0.25) is 4.79 Å². The second-order valence-corrected chi connectivity index (χ2v) is 6.92. The number of hydrogen-bond donors (Lipinski definition) is 2. The predicted octanol–water partition coefficient (Wildman–Crippen LogP) is 4.26. The van der Waals surface area contributed by atoms with E-state index in [1.165, 1.54) is 45.2 Å². The fourth-order valence-electron chi connectivity index (χ4n) is 3.27. The van der Waals surface area contributed by atoms with Crippen LogP contribution in [0.5, 0.6) is 5.75 Å². The van der Waals surface area contributed by atoms with Crippen LogP contribution in [0.25, 0.3) is 10.8 Å². The minimum Gasteiger partial charge on any atom is -0.489 e. The highest BCUT2D eigenvalue weighted by Crippen LogP contribution is 2.31. The molecule has 1 saturated heterocycles. The third kappa shape index (κ3) is 4.52. The number of halogens is 1. The van der Waals surface area contributed by atoms with Crippen molar-refractivity contribution < 1.29 is 4.74 Å². The molecular weight excluding hydrogens is 324 g/mol. The van der Waals surface area contributed by atoms with Crippen molar-refractivity contribution in [2.24, 2.45) is 0 Å². The zero-order valence-corrected chi connectivity index (χ0v) is 14.7. The number of aromatic amines is 1. The summed E-state index contributed by atoms with van der Waals surface area (Å²) < 4.78 is 5.99. The largest absolute Gasteiger partial charge is 0.489 e. The second-order valence-electron chi connectivity index (χ2n) is 6.51. The van der Waals surface area contributed by atoms with E-state index in [0.29, 0.717) is 16.2 Å². The molecule has 2 fully saturated rings. The van der Waals surface area contributed by atoms with E-state index in [4.69, 9.17) is 16.3 Å². The summed E-state index contributed by atoms with van der Waals surface area (Å²) in [5.41, 5.74) is -0.122. The molecule has 0 spiro atoms. The second kappa shape index (κ2) is 8.54. The van der Waals surface area contributed by atoms with E-state index in [1.54, 1.807) is 12.3 Å². The zero-order chi connectivity index (χ0) is 16.8. The molecule has 130 valence electrons. The quantitative estimate of drug-likeness (QED) is 0.852. The number of pyridine rings is 1. The van der Waals surface area contributed by atoms with Crippen molar-refractivity contribution in [1.29, 1.82) is 0 Å². The lowest BCUT2D eigenvalue weighted by Crippen LogP contribution is -2.19. The van der Waals surface area contributed by atoms with Crippen molar-refractivity contribution in [3.05, 3.63) is 39.8 Å². The lowest BCUT2D eigenvalue weighted by molar-refractivity contribution is 0.155. The summed E-state index contributed by atoms with van der Waals surface area (Å²) in [6.45, 7) is 2.50. The topological polar surface area (TPSA) is 54.1 Å². The molecule has 1 aliphatic carbocycles. The van der Waals surface area contributed by atoms with Crippen LogP contribution in [0.15, 0.2) is 29.2 Å². The van der Waals surface area contributed by atoms with Gasteiger partial charge in [0.2, 0.25) is 0 Å². The van der Waals surface area contributed by atoms with Crippen molar-refractivity contribution in [3.63, 3.8) is 0 Å². The first-order valence-electron chi connectivity index (χ1n) is 8.92. The van der Waals surface area contributed by atoms with Crippen molar-refractivity contribution in [1.82, 2.24) is 10.3 Å². The Bertz CT molecular complexity index is 711. The Kier molecular flexibility index (Phi) is 6.16. The van der Waals surface area contributed by atoms with Crippen LogP contribution in [-0.2, 0) is 0 Å². The van der Waals surface area contributed by atoms with Gasteiger partial charge in [-0.15, -0.1) is 0 Å². The summed E-state index contributed by atoms with van der Waals surface area (Å²) in [4.78, 5) is 14.3. The molecule has 0 radical (unpaired) electrons. The van der Waals surface area contributed by atoms with Crippen LogP contribution in [0.3, 0.4) is 0 Å². The monoisotopic (exact) mass is 348 g/mol. The van der Waals surface area contributed by atoms with Crippen molar-refractivity contribution in [3.8, 4) is 5.75 Å². The van der Waals surface area contributed by atoms with Crippen LogP contribution in [0, 0.1) is 0 Å². The van der Waals surface area contributed by atoms with Gasteiger partial charge in [0.15, 0.2) is 0 Å². The molecule has 5 heteroatoms. The summed E-state index contributed by atoms with van der Waals surface area (Å²) in [7, 11) is 0. The molecule has 0 amide bonds. The number of aromatic nitrogens is 1. The average Bonchev–Trinajstić information content (AvgIpc) is 3.17. The fraction of sp³-hybridized carbons (Fsp3) is 0.526. The molecule has 2 N–H and O–H groups in total. The highest BCUT2D eigenvalue weighted by molar-refractivity contribution is 6.32. The van der Waals surface area contributed by atoms with E-state index in [-0.39, 0.29) is 11.7 Å². The smallest absolute Gasteiger partial charge is 0.255 e. The molecule has 1 saturated carbocycles. The number of ether oxygens (including phenoxy) is 1. The molecular formula is C19H25ClN2O2. The number of fused-ring (bicyclic) bond motifs is 1. The lowest BCUT2D eigenvalue weighted by atomic mass is 9.98. The van der Waals surface area contributed by atoms with Crippen molar-refractivity contribution in [2.45, 2.75) is 51.0 Å². The van der Waals surface area contributed by atoms with Gasteiger partial charge in [-0.25, -0.2) is 0 Å². The summed E-state index contributed by atoms with van der Waals surface area (Å²) in [5.74, 6) is 0.687. The third-order valence-corrected chi connectivity index (χ3v) is 4.92.